The van der Waals surface area contributed by atoms with E-state index >= 15 is 0 Å². The van der Waals surface area contributed by atoms with E-state index < -0.39 is 0 Å². The second kappa shape index (κ2) is 6.49. The highest BCUT2D eigenvalue weighted by Gasteiger charge is 2.26. The topological polar surface area (TPSA) is 50.9 Å². The number of rotatable bonds is 5. The molecule has 0 aliphatic heterocycles. The van der Waals surface area contributed by atoms with Crippen LogP contribution in [0.3, 0.4) is 0 Å². The van der Waals surface area contributed by atoms with Crippen LogP contribution in [0.5, 0.6) is 0 Å². The van der Waals surface area contributed by atoms with Crippen LogP contribution in [-0.2, 0) is 6.54 Å². The maximum Gasteiger partial charge on any atom is 0.151 e. The Balaban J connectivity index is 1.53. The summed E-state index contributed by atoms with van der Waals surface area (Å²) in [6.45, 7) is 3.06. The lowest BCUT2D eigenvalue weighted by molar-refractivity contribution is 0.0373. The van der Waals surface area contributed by atoms with Gasteiger partial charge in [-0.2, -0.15) is 0 Å². The quantitative estimate of drug-likeness (QED) is 0.760. The summed E-state index contributed by atoms with van der Waals surface area (Å²) in [7, 11) is 0. The van der Waals surface area contributed by atoms with E-state index in [4.69, 9.17) is 0 Å². The normalized spacial score (nSPS) is 20.1. The van der Waals surface area contributed by atoms with Crippen molar-refractivity contribution in [1.29, 1.82) is 0 Å². The van der Waals surface area contributed by atoms with E-state index in [0.29, 0.717) is 5.92 Å². The van der Waals surface area contributed by atoms with Crippen LogP contribution in [0.15, 0.2) is 42.9 Å². The number of benzene rings is 1. The maximum absolute atomic E-state index is 9.42. The lowest BCUT2D eigenvalue weighted by atomic mass is 9.80. The molecule has 24 heavy (non-hydrogen) atoms. The van der Waals surface area contributed by atoms with Gasteiger partial charge in [0.15, 0.2) is 5.82 Å². The third-order valence-electron chi connectivity index (χ3n) is 4.81. The van der Waals surface area contributed by atoms with Gasteiger partial charge in [-0.25, -0.2) is 9.97 Å². The first-order valence-electron chi connectivity index (χ1n) is 8.42. The van der Waals surface area contributed by atoms with Crippen molar-refractivity contribution in [2.45, 2.75) is 38.8 Å². The molecule has 0 amide bonds. The van der Waals surface area contributed by atoms with Gasteiger partial charge < -0.3 is 9.67 Å². The van der Waals surface area contributed by atoms with Crippen LogP contribution < -0.4 is 0 Å². The number of aliphatic hydroxyl groups excluding tert-OH is 1. The van der Waals surface area contributed by atoms with Gasteiger partial charge in [0.25, 0.3) is 0 Å². The predicted molar refractivity (Wildman–Crippen MR) is 96.9 cm³/mol. The summed E-state index contributed by atoms with van der Waals surface area (Å²) in [4.78, 5) is 10.2. The smallest absolute Gasteiger partial charge is 0.151 e. The van der Waals surface area contributed by atoms with Crippen molar-refractivity contribution >= 4 is 11.3 Å². The summed E-state index contributed by atoms with van der Waals surface area (Å²) in [5, 5.41) is 10.5. The van der Waals surface area contributed by atoms with Crippen LogP contribution in [0.1, 0.15) is 24.8 Å². The van der Waals surface area contributed by atoms with Crippen molar-refractivity contribution in [3.63, 3.8) is 0 Å². The number of thiazole rings is 1. The Bertz CT molecular complexity index is 833. The highest BCUT2D eigenvalue weighted by molar-refractivity contribution is 7.18. The molecule has 2 heterocycles. The third-order valence-corrected chi connectivity index (χ3v) is 5.83. The van der Waals surface area contributed by atoms with Gasteiger partial charge in [-0.1, -0.05) is 24.3 Å². The molecule has 124 valence electrons. The Hall–Kier alpha value is -1.98. The molecule has 4 nitrogen and oxygen atoms in total. The number of aryl methyl sites for hydroxylation is 2. The summed E-state index contributed by atoms with van der Waals surface area (Å²) >= 11 is 1.69. The van der Waals surface area contributed by atoms with Gasteiger partial charge in [-0.05, 0) is 37.7 Å². The SMILES string of the molecule is Cc1ccccc1-c1ncc(-c2nccn2CCC2CC(O)C2)s1. The second-order valence-corrected chi connectivity index (χ2v) is 7.60. The van der Waals surface area contributed by atoms with E-state index in [1.165, 1.54) is 11.1 Å². The number of aliphatic hydroxyl groups is 1. The Kier molecular flexibility index (Phi) is 4.21. The molecule has 0 atom stereocenters. The average molecular weight is 339 g/mol. The Labute approximate surface area is 145 Å². The molecule has 1 aromatic carbocycles. The monoisotopic (exact) mass is 339 g/mol. The molecule has 1 saturated carbocycles. The second-order valence-electron chi connectivity index (χ2n) is 6.57. The lowest BCUT2D eigenvalue weighted by Crippen LogP contribution is -2.29. The minimum absolute atomic E-state index is 0.0737. The fourth-order valence-corrected chi connectivity index (χ4v) is 4.31. The van der Waals surface area contributed by atoms with Crippen molar-refractivity contribution in [3.05, 3.63) is 48.4 Å². The average Bonchev–Trinajstić information content (AvgIpc) is 3.19. The molecule has 3 aromatic rings. The minimum Gasteiger partial charge on any atom is -0.393 e. The first-order valence-corrected chi connectivity index (χ1v) is 9.24. The van der Waals surface area contributed by atoms with Gasteiger partial charge in [-0.15, -0.1) is 11.3 Å². The number of hydrogen-bond donors (Lipinski definition) is 1. The Morgan fingerprint density at radius 2 is 2.08 bits per heavy atom. The van der Waals surface area contributed by atoms with Crippen molar-refractivity contribution in [3.8, 4) is 21.3 Å². The van der Waals surface area contributed by atoms with Crippen LogP contribution in [0.2, 0.25) is 0 Å². The van der Waals surface area contributed by atoms with Crippen LogP contribution in [0.4, 0.5) is 0 Å². The molecular weight excluding hydrogens is 318 g/mol. The van der Waals surface area contributed by atoms with Gasteiger partial charge in [0.2, 0.25) is 0 Å². The van der Waals surface area contributed by atoms with Crippen LogP contribution >= 0.6 is 11.3 Å². The van der Waals surface area contributed by atoms with Crippen LogP contribution in [0.25, 0.3) is 21.3 Å². The maximum atomic E-state index is 9.42. The van der Waals surface area contributed by atoms with Crippen molar-refractivity contribution in [2.75, 3.05) is 0 Å². The number of imidazole rings is 1. The van der Waals surface area contributed by atoms with Crippen LogP contribution in [-0.4, -0.2) is 25.7 Å². The molecule has 1 aliphatic carbocycles. The van der Waals surface area contributed by atoms with Gasteiger partial charge in [0, 0.05) is 30.7 Å². The molecule has 0 saturated heterocycles. The van der Waals surface area contributed by atoms with Crippen LogP contribution in [0, 0.1) is 12.8 Å². The fraction of sp³-hybridized carbons (Fsp3) is 0.368. The highest BCUT2D eigenvalue weighted by Crippen LogP contribution is 2.34. The molecule has 1 N–H and O–H groups in total. The molecule has 0 bridgehead atoms. The molecule has 1 aliphatic rings. The molecule has 4 rings (SSSR count). The lowest BCUT2D eigenvalue weighted by Gasteiger charge is -2.31. The zero-order chi connectivity index (χ0) is 16.5. The van der Waals surface area contributed by atoms with E-state index in [-0.39, 0.29) is 6.10 Å². The molecule has 0 spiro atoms. The Morgan fingerprint density at radius 3 is 2.88 bits per heavy atom. The van der Waals surface area contributed by atoms with Crippen molar-refractivity contribution in [2.24, 2.45) is 5.92 Å². The predicted octanol–water partition coefficient (Wildman–Crippen LogP) is 4.14. The zero-order valence-electron chi connectivity index (χ0n) is 13.7. The molecule has 0 unspecified atom stereocenters. The summed E-state index contributed by atoms with van der Waals surface area (Å²) in [5.41, 5.74) is 2.43. The van der Waals surface area contributed by atoms with E-state index in [1.54, 1.807) is 11.3 Å². The Morgan fingerprint density at radius 1 is 1.25 bits per heavy atom. The summed E-state index contributed by atoms with van der Waals surface area (Å²) in [5.74, 6) is 1.64. The van der Waals surface area contributed by atoms with E-state index in [0.717, 1.165) is 41.5 Å². The summed E-state index contributed by atoms with van der Waals surface area (Å²) in [6, 6.07) is 8.34. The standard InChI is InChI=1S/C19H21N3OS/c1-13-4-2-3-5-16(13)19-21-12-17(24-19)18-20-7-9-22(18)8-6-14-10-15(23)11-14/h2-5,7,9,12,14-15,23H,6,8,10-11H2,1H3. The zero-order valence-corrected chi connectivity index (χ0v) is 14.5. The molecule has 2 aromatic heterocycles. The molecule has 5 heteroatoms. The number of hydrogen-bond acceptors (Lipinski definition) is 4. The largest absolute Gasteiger partial charge is 0.393 e. The number of nitrogens with zero attached hydrogens (tertiary/aromatic N) is 3. The molecular formula is C19H21N3OS. The third kappa shape index (κ3) is 3.01. The van der Waals surface area contributed by atoms with Gasteiger partial charge in [0.05, 0.1) is 11.0 Å². The first-order chi connectivity index (χ1) is 11.7. The summed E-state index contributed by atoms with van der Waals surface area (Å²) in [6.07, 6.45) is 8.75. The van der Waals surface area contributed by atoms with Gasteiger partial charge >= 0.3 is 0 Å². The van der Waals surface area contributed by atoms with Gasteiger partial charge in [-0.3, -0.25) is 0 Å². The van der Waals surface area contributed by atoms with Crippen molar-refractivity contribution in [1.82, 2.24) is 14.5 Å². The number of aromatic nitrogens is 3. The van der Waals surface area contributed by atoms with Crippen molar-refractivity contribution < 1.29 is 5.11 Å². The summed E-state index contributed by atoms with van der Waals surface area (Å²) < 4.78 is 2.21. The highest BCUT2D eigenvalue weighted by atomic mass is 32.1. The molecule has 0 radical (unpaired) electrons. The first kappa shape index (κ1) is 15.5. The van der Waals surface area contributed by atoms with E-state index in [1.807, 2.05) is 18.6 Å². The molecule has 1 fully saturated rings. The fourth-order valence-electron chi connectivity index (χ4n) is 3.29. The van der Waals surface area contributed by atoms with Gasteiger partial charge in [0.1, 0.15) is 5.01 Å². The minimum atomic E-state index is -0.0737. The van der Waals surface area contributed by atoms with E-state index in [2.05, 4.69) is 45.7 Å². The van der Waals surface area contributed by atoms with E-state index in [9.17, 15) is 5.11 Å².